The molecule has 0 unspecified atom stereocenters. The van der Waals surface area contributed by atoms with Crippen molar-refractivity contribution in [2.24, 2.45) is 0 Å². The van der Waals surface area contributed by atoms with Gasteiger partial charge >= 0.3 is 5.97 Å². The third-order valence-electron chi connectivity index (χ3n) is 3.15. The number of carbonyl (C=O) groups excluding carboxylic acids is 1. The lowest BCUT2D eigenvalue weighted by molar-refractivity contribution is -0.137. The summed E-state index contributed by atoms with van der Waals surface area (Å²) in [5.41, 5.74) is 1.27. The zero-order valence-corrected chi connectivity index (χ0v) is 11.4. The van der Waals surface area contributed by atoms with E-state index in [1.165, 1.54) is 39.1 Å². The van der Waals surface area contributed by atoms with Crippen LogP contribution in [0.1, 0.15) is 26.5 Å². The number of carbonyl (C=O) groups is 2. The van der Waals surface area contributed by atoms with E-state index in [4.69, 9.17) is 5.11 Å². The fraction of sp³-hybridized carbons (Fsp3) is 0.308. The molecule has 0 saturated carbocycles. The van der Waals surface area contributed by atoms with Crippen LogP contribution in [0.15, 0.2) is 18.3 Å². The summed E-state index contributed by atoms with van der Waals surface area (Å²) in [6.45, 7) is -0.219. The number of aromatic nitrogens is 2. The van der Waals surface area contributed by atoms with E-state index in [-0.39, 0.29) is 12.5 Å². The number of rotatable bonds is 4. The Labute approximate surface area is 119 Å². The van der Waals surface area contributed by atoms with Crippen molar-refractivity contribution in [2.45, 2.75) is 25.8 Å². The number of thiophene rings is 1. The van der Waals surface area contributed by atoms with E-state index >= 15 is 0 Å². The lowest BCUT2D eigenvalue weighted by Crippen LogP contribution is -2.13. The summed E-state index contributed by atoms with van der Waals surface area (Å²) in [6, 6.07) is 3.53. The summed E-state index contributed by atoms with van der Waals surface area (Å²) in [4.78, 5) is 24.6. The van der Waals surface area contributed by atoms with Crippen LogP contribution in [0.2, 0.25) is 0 Å². The standard InChI is InChI=1S/C13H13N3O3S/c17-12(18)7-16-5-4-11(15-16)14-13(19)10-6-8-2-1-3-9(8)20-10/h4-6H,1-3,7H2,(H,17,18)(H,14,15,19). The summed E-state index contributed by atoms with van der Waals surface area (Å²) in [7, 11) is 0. The first-order valence-corrected chi connectivity index (χ1v) is 7.11. The lowest BCUT2D eigenvalue weighted by Gasteiger charge is -1.99. The molecule has 0 saturated heterocycles. The maximum Gasteiger partial charge on any atom is 0.325 e. The number of anilines is 1. The van der Waals surface area contributed by atoms with Crippen LogP contribution in [-0.2, 0) is 24.2 Å². The second kappa shape index (κ2) is 5.09. The molecule has 0 aromatic carbocycles. The highest BCUT2D eigenvalue weighted by molar-refractivity contribution is 7.14. The van der Waals surface area contributed by atoms with Crippen molar-refractivity contribution in [3.63, 3.8) is 0 Å². The van der Waals surface area contributed by atoms with E-state index in [1.54, 1.807) is 6.07 Å². The molecule has 2 aromatic rings. The van der Waals surface area contributed by atoms with Gasteiger partial charge in [-0.25, -0.2) is 0 Å². The quantitative estimate of drug-likeness (QED) is 0.899. The first-order valence-electron chi connectivity index (χ1n) is 6.30. The van der Waals surface area contributed by atoms with Gasteiger partial charge in [0.05, 0.1) is 4.88 Å². The summed E-state index contributed by atoms with van der Waals surface area (Å²) in [6.07, 6.45) is 4.80. The molecule has 0 atom stereocenters. The summed E-state index contributed by atoms with van der Waals surface area (Å²) in [5.74, 6) is -0.796. The summed E-state index contributed by atoms with van der Waals surface area (Å²) in [5, 5.41) is 15.3. The van der Waals surface area contributed by atoms with Gasteiger partial charge in [-0.3, -0.25) is 14.3 Å². The van der Waals surface area contributed by atoms with Gasteiger partial charge in [0.15, 0.2) is 5.82 Å². The summed E-state index contributed by atoms with van der Waals surface area (Å²) >= 11 is 1.53. The van der Waals surface area contributed by atoms with Crippen LogP contribution < -0.4 is 5.32 Å². The van der Waals surface area contributed by atoms with Gasteiger partial charge in [0.25, 0.3) is 5.91 Å². The highest BCUT2D eigenvalue weighted by atomic mass is 32.1. The van der Waals surface area contributed by atoms with Crippen LogP contribution in [0.25, 0.3) is 0 Å². The number of aliphatic carboxylic acids is 1. The van der Waals surface area contributed by atoms with Gasteiger partial charge in [-0.2, -0.15) is 5.10 Å². The summed E-state index contributed by atoms with van der Waals surface area (Å²) < 4.78 is 1.27. The molecule has 2 aromatic heterocycles. The number of aryl methyl sites for hydroxylation is 2. The number of carboxylic acid groups (broad SMARTS) is 1. The minimum atomic E-state index is -0.972. The molecule has 2 N–H and O–H groups in total. The Kier molecular flexibility index (Phi) is 3.27. The minimum Gasteiger partial charge on any atom is -0.480 e. The van der Waals surface area contributed by atoms with Crippen LogP contribution in [-0.4, -0.2) is 26.8 Å². The number of nitrogens with zero attached hydrogens (tertiary/aromatic N) is 2. The predicted octanol–water partition coefficient (Wildman–Crippen LogP) is 1.77. The molecule has 1 amide bonds. The van der Waals surface area contributed by atoms with Crippen molar-refractivity contribution in [2.75, 3.05) is 5.32 Å². The van der Waals surface area contributed by atoms with Crippen LogP contribution in [0.4, 0.5) is 5.82 Å². The number of carboxylic acids is 1. The van der Waals surface area contributed by atoms with E-state index in [2.05, 4.69) is 10.4 Å². The number of hydrogen-bond acceptors (Lipinski definition) is 4. The smallest absolute Gasteiger partial charge is 0.325 e. The SMILES string of the molecule is O=C(O)Cn1ccc(NC(=O)c2cc3c(s2)CCC3)n1. The van der Waals surface area contributed by atoms with Gasteiger partial charge in [0.1, 0.15) is 6.54 Å². The van der Waals surface area contributed by atoms with Crippen molar-refractivity contribution in [1.29, 1.82) is 0 Å². The highest BCUT2D eigenvalue weighted by Crippen LogP contribution is 2.30. The Balaban J connectivity index is 1.68. The molecule has 2 heterocycles. The largest absolute Gasteiger partial charge is 0.480 e. The minimum absolute atomic E-state index is 0.190. The van der Waals surface area contributed by atoms with E-state index in [1.807, 2.05) is 6.07 Å². The second-order valence-electron chi connectivity index (χ2n) is 4.66. The first kappa shape index (κ1) is 12.9. The van der Waals surface area contributed by atoms with Gasteiger partial charge < -0.3 is 10.4 Å². The number of hydrogen-bond donors (Lipinski definition) is 2. The molecule has 20 heavy (non-hydrogen) atoms. The average Bonchev–Trinajstić information content (AvgIpc) is 3.02. The topological polar surface area (TPSA) is 84.2 Å². The average molecular weight is 291 g/mol. The van der Waals surface area contributed by atoms with Crippen molar-refractivity contribution in [1.82, 2.24) is 9.78 Å². The molecule has 0 fully saturated rings. The van der Waals surface area contributed by atoms with Crippen molar-refractivity contribution >= 4 is 29.0 Å². The molecule has 104 valence electrons. The normalized spacial score (nSPS) is 13.2. The van der Waals surface area contributed by atoms with E-state index in [0.717, 1.165) is 12.8 Å². The van der Waals surface area contributed by atoms with Crippen molar-refractivity contribution < 1.29 is 14.7 Å². The Morgan fingerprint density at radius 1 is 1.45 bits per heavy atom. The second-order valence-corrected chi connectivity index (χ2v) is 5.80. The molecule has 0 spiro atoms. The highest BCUT2D eigenvalue weighted by Gasteiger charge is 2.18. The molecule has 0 aliphatic heterocycles. The van der Waals surface area contributed by atoms with Crippen LogP contribution in [0.3, 0.4) is 0 Å². The Morgan fingerprint density at radius 2 is 2.30 bits per heavy atom. The molecule has 3 rings (SSSR count). The molecular formula is C13H13N3O3S. The van der Waals surface area contributed by atoms with Gasteiger partial charge in [0, 0.05) is 17.1 Å². The third-order valence-corrected chi connectivity index (χ3v) is 4.39. The van der Waals surface area contributed by atoms with E-state index < -0.39 is 5.97 Å². The molecule has 1 aliphatic carbocycles. The molecule has 0 radical (unpaired) electrons. The molecule has 0 bridgehead atoms. The lowest BCUT2D eigenvalue weighted by atomic mass is 10.2. The Morgan fingerprint density at radius 3 is 3.05 bits per heavy atom. The zero-order valence-electron chi connectivity index (χ0n) is 10.6. The molecular weight excluding hydrogens is 278 g/mol. The number of amides is 1. The van der Waals surface area contributed by atoms with Crippen molar-refractivity contribution in [3.8, 4) is 0 Å². The maximum atomic E-state index is 12.1. The molecule has 7 heteroatoms. The first-order chi connectivity index (χ1) is 9.61. The maximum absolute atomic E-state index is 12.1. The van der Waals surface area contributed by atoms with Gasteiger partial charge in [-0.1, -0.05) is 0 Å². The van der Waals surface area contributed by atoms with E-state index in [9.17, 15) is 9.59 Å². The van der Waals surface area contributed by atoms with Crippen molar-refractivity contribution in [3.05, 3.63) is 33.6 Å². The monoisotopic (exact) mass is 291 g/mol. The van der Waals surface area contributed by atoms with Crippen LogP contribution in [0.5, 0.6) is 0 Å². The van der Waals surface area contributed by atoms with Crippen LogP contribution >= 0.6 is 11.3 Å². The Hall–Kier alpha value is -2.15. The molecule has 1 aliphatic rings. The predicted molar refractivity (Wildman–Crippen MR) is 74.2 cm³/mol. The van der Waals surface area contributed by atoms with Gasteiger partial charge in [-0.05, 0) is 30.9 Å². The van der Waals surface area contributed by atoms with Crippen LogP contribution in [0, 0.1) is 0 Å². The van der Waals surface area contributed by atoms with Gasteiger partial charge in [-0.15, -0.1) is 11.3 Å². The molecule has 6 nitrogen and oxygen atoms in total. The van der Waals surface area contributed by atoms with E-state index in [0.29, 0.717) is 10.7 Å². The van der Waals surface area contributed by atoms with Gasteiger partial charge in [0.2, 0.25) is 0 Å². The zero-order chi connectivity index (χ0) is 14.1. The third kappa shape index (κ3) is 2.57. The Bertz CT molecular complexity index is 653. The number of nitrogens with one attached hydrogen (secondary N) is 1. The number of fused-ring (bicyclic) bond motifs is 1. The fourth-order valence-electron chi connectivity index (χ4n) is 2.27. The fourth-order valence-corrected chi connectivity index (χ4v) is 3.42.